The summed E-state index contributed by atoms with van der Waals surface area (Å²) in [5, 5.41) is 14.5. The van der Waals surface area contributed by atoms with Crippen LogP contribution in [0.1, 0.15) is 18.5 Å². The van der Waals surface area contributed by atoms with Gasteiger partial charge in [-0.2, -0.15) is 0 Å². The van der Waals surface area contributed by atoms with Crippen LogP contribution in [0.3, 0.4) is 0 Å². The van der Waals surface area contributed by atoms with Gasteiger partial charge in [0.15, 0.2) is 0 Å². The summed E-state index contributed by atoms with van der Waals surface area (Å²) in [6.07, 6.45) is 10.5. The fourth-order valence-corrected chi connectivity index (χ4v) is 4.17. The van der Waals surface area contributed by atoms with Crippen molar-refractivity contribution in [1.29, 1.82) is 0 Å². The Balaban J connectivity index is 1.46. The van der Waals surface area contributed by atoms with Gasteiger partial charge in [0.25, 0.3) is 0 Å². The highest BCUT2D eigenvalue weighted by Crippen LogP contribution is 2.44. The Morgan fingerprint density at radius 1 is 1.42 bits per heavy atom. The third-order valence-electron chi connectivity index (χ3n) is 4.45. The second kappa shape index (κ2) is 6.05. The maximum atomic E-state index is 11.1. The number of nitro groups is 1. The van der Waals surface area contributed by atoms with E-state index in [2.05, 4.69) is 27.4 Å². The van der Waals surface area contributed by atoms with E-state index in [9.17, 15) is 10.1 Å². The Labute approximate surface area is 144 Å². The Hall–Kier alpha value is -2.15. The van der Waals surface area contributed by atoms with E-state index in [0.717, 1.165) is 11.6 Å². The van der Waals surface area contributed by atoms with Gasteiger partial charge in [-0.3, -0.25) is 20.1 Å². The second-order valence-electron chi connectivity index (χ2n) is 6.39. The van der Waals surface area contributed by atoms with Crippen LogP contribution in [-0.2, 0) is 0 Å². The fraction of sp³-hybridized carbons (Fsp3) is 0.412. The van der Waals surface area contributed by atoms with Crippen molar-refractivity contribution in [3.8, 4) is 0 Å². The van der Waals surface area contributed by atoms with E-state index < -0.39 is 4.92 Å². The standard InChI is InChI=1S/C17H18N4O2S/c1-10-4-15(16(9-18-10)21(22)23)19-8-14-6-12-5-13(11-2-3-11)7-20-17(12)24-14/h4-7,9,11-12,17H,2-3,8H2,1H3,(H,18,19). The monoisotopic (exact) mass is 342 g/mol. The van der Waals surface area contributed by atoms with Crippen LogP contribution >= 0.6 is 11.8 Å². The Morgan fingerprint density at radius 3 is 3.00 bits per heavy atom. The summed E-state index contributed by atoms with van der Waals surface area (Å²) in [6.45, 7) is 2.40. The van der Waals surface area contributed by atoms with Crippen molar-refractivity contribution >= 4 is 29.4 Å². The lowest BCUT2D eigenvalue weighted by atomic mass is 10.00. The first-order chi connectivity index (χ1) is 11.6. The zero-order valence-electron chi connectivity index (χ0n) is 13.3. The van der Waals surface area contributed by atoms with Crippen molar-refractivity contribution in [2.75, 3.05) is 11.9 Å². The van der Waals surface area contributed by atoms with Crippen molar-refractivity contribution in [2.45, 2.75) is 25.1 Å². The van der Waals surface area contributed by atoms with Gasteiger partial charge in [-0.1, -0.05) is 12.2 Å². The summed E-state index contributed by atoms with van der Waals surface area (Å²) >= 11 is 1.74. The zero-order chi connectivity index (χ0) is 16.7. The summed E-state index contributed by atoms with van der Waals surface area (Å²) in [5.74, 6) is 1.07. The molecule has 4 rings (SSSR count). The van der Waals surface area contributed by atoms with Crippen LogP contribution in [0, 0.1) is 28.9 Å². The van der Waals surface area contributed by atoms with Crippen LogP contribution in [0.5, 0.6) is 0 Å². The molecule has 6 nitrogen and oxygen atoms in total. The number of hydrogen-bond donors (Lipinski definition) is 1. The number of thioether (sulfide) groups is 1. The molecule has 24 heavy (non-hydrogen) atoms. The number of dihydropyridines is 1. The lowest BCUT2D eigenvalue weighted by molar-refractivity contribution is -0.384. The first kappa shape index (κ1) is 15.4. The van der Waals surface area contributed by atoms with Crippen molar-refractivity contribution in [3.05, 3.63) is 50.7 Å². The zero-order valence-corrected chi connectivity index (χ0v) is 14.1. The van der Waals surface area contributed by atoms with Crippen LogP contribution < -0.4 is 5.32 Å². The van der Waals surface area contributed by atoms with Gasteiger partial charge in [-0.15, -0.1) is 11.8 Å². The van der Waals surface area contributed by atoms with E-state index in [4.69, 9.17) is 0 Å². The fourth-order valence-electron chi connectivity index (χ4n) is 3.04. The predicted octanol–water partition coefficient (Wildman–Crippen LogP) is 3.70. The maximum Gasteiger partial charge on any atom is 0.310 e. The van der Waals surface area contributed by atoms with Crippen LogP contribution in [0.2, 0.25) is 0 Å². The SMILES string of the molecule is Cc1cc(NCC2=CC3C=C(C4CC4)C=NC3S2)c([N+](=O)[O-])cn1. The molecule has 0 aromatic carbocycles. The van der Waals surface area contributed by atoms with Crippen LogP contribution in [0.4, 0.5) is 11.4 Å². The van der Waals surface area contributed by atoms with Gasteiger partial charge in [0.2, 0.25) is 0 Å². The van der Waals surface area contributed by atoms with Gasteiger partial charge in [0.05, 0.1) is 4.92 Å². The molecule has 0 radical (unpaired) electrons. The summed E-state index contributed by atoms with van der Waals surface area (Å²) < 4.78 is 0. The number of aryl methyl sites for hydroxylation is 1. The molecule has 124 valence electrons. The number of allylic oxidation sites excluding steroid dienone is 1. The van der Waals surface area contributed by atoms with Gasteiger partial charge < -0.3 is 5.32 Å². The number of pyridine rings is 1. The molecule has 1 aliphatic carbocycles. The first-order valence-corrected chi connectivity index (χ1v) is 8.95. The average molecular weight is 342 g/mol. The molecule has 1 saturated carbocycles. The number of aliphatic imine (C=N–C) groups is 1. The number of nitrogens with zero attached hydrogens (tertiary/aromatic N) is 3. The number of fused-ring (bicyclic) bond motifs is 1. The molecule has 1 N–H and O–H groups in total. The maximum absolute atomic E-state index is 11.1. The first-order valence-electron chi connectivity index (χ1n) is 8.07. The molecule has 0 saturated heterocycles. The molecule has 7 heteroatoms. The van der Waals surface area contributed by atoms with Crippen LogP contribution in [-0.4, -0.2) is 28.0 Å². The molecule has 2 aliphatic heterocycles. The molecular formula is C17H18N4O2S. The highest BCUT2D eigenvalue weighted by molar-refractivity contribution is 8.04. The summed E-state index contributed by atoms with van der Waals surface area (Å²) in [5.41, 5.74) is 2.66. The van der Waals surface area contributed by atoms with Gasteiger partial charge in [-0.05, 0) is 37.3 Å². The minimum atomic E-state index is -0.403. The van der Waals surface area contributed by atoms with Crippen LogP contribution in [0.25, 0.3) is 0 Å². The molecule has 2 unspecified atom stereocenters. The van der Waals surface area contributed by atoms with E-state index in [-0.39, 0.29) is 11.1 Å². The summed E-state index contributed by atoms with van der Waals surface area (Å²) in [4.78, 5) is 20.6. The second-order valence-corrected chi connectivity index (χ2v) is 7.63. The third kappa shape index (κ3) is 3.08. The molecule has 2 atom stereocenters. The minimum Gasteiger partial charge on any atom is -0.375 e. The van der Waals surface area contributed by atoms with Gasteiger partial charge in [-0.25, -0.2) is 0 Å². The smallest absolute Gasteiger partial charge is 0.310 e. The molecule has 0 amide bonds. The molecule has 0 spiro atoms. The molecule has 1 aromatic heterocycles. The van der Waals surface area contributed by atoms with E-state index in [1.54, 1.807) is 17.8 Å². The van der Waals surface area contributed by atoms with Gasteiger partial charge in [0, 0.05) is 29.3 Å². The molecule has 0 bridgehead atoms. The van der Waals surface area contributed by atoms with Crippen molar-refractivity contribution in [1.82, 2.24) is 4.98 Å². The predicted molar refractivity (Wildman–Crippen MR) is 96.4 cm³/mol. The number of hydrogen-bond acceptors (Lipinski definition) is 6. The molecule has 1 aromatic rings. The highest BCUT2D eigenvalue weighted by Gasteiger charge is 2.33. The van der Waals surface area contributed by atoms with E-state index in [0.29, 0.717) is 18.2 Å². The Bertz CT molecular complexity index is 783. The van der Waals surface area contributed by atoms with E-state index in [1.165, 1.54) is 29.5 Å². The summed E-state index contributed by atoms with van der Waals surface area (Å²) in [6, 6.07) is 1.72. The van der Waals surface area contributed by atoms with E-state index >= 15 is 0 Å². The number of anilines is 1. The normalized spacial score (nSPS) is 25.0. The quantitative estimate of drug-likeness (QED) is 0.652. The molecular weight excluding hydrogens is 324 g/mol. The van der Waals surface area contributed by atoms with Crippen molar-refractivity contribution in [2.24, 2.45) is 16.8 Å². The largest absolute Gasteiger partial charge is 0.375 e. The molecule has 1 fully saturated rings. The Kier molecular flexibility index (Phi) is 3.88. The van der Waals surface area contributed by atoms with Gasteiger partial charge >= 0.3 is 5.69 Å². The van der Waals surface area contributed by atoms with Crippen molar-refractivity contribution < 1.29 is 4.92 Å². The third-order valence-corrected chi connectivity index (χ3v) is 5.71. The lowest BCUT2D eigenvalue weighted by Gasteiger charge is -2.17. The van der Waals surface area contributed by atoms with Crippen LogP contribution in [0.15, 0.2) is 39.9 Å². The summed E-state index contributed by atoms with van der Waals surface area (Å²) in [7, 11) is 0. The molecule has 3 heterocycles. The molecule has 3 aliphatic rings. The average Bonchev–Trinajstić information content (AvgIpc) is 3.32. The van der Waals surface area contributed by atoms with Crippen molar-refractivity contribution in [3.63, 3.8) is 0 Å². The number of aromatic nitrogens is 1. The van der Waals surface area contributed by atoms with Gasteiger partial charge in [0.1, 0.15) is 17.3 Å². The topological polar surface area (TPSA) is 80.4 Å². The lowest BCUT2D eigenvalue weighted by Crippen LogP contribution is -2.13. The Morgan fingerprint density at radius 2 is 2.25 bits per heavy atom. The highest BCUT2D eigenvalue weighted by atomic mass is 32.2. The number of nitrogens with one attached hydrogen (secondary N) is 1. The minimum absolute atomic E-state index is 0.00977. The number of rotatable bonds is 5. The van der Waals surface area contributed by atoms with E-state index in [1.807, 2.05) is 13.1 Å².